The highest BCUT2D eigenvalue weighted by Crippen LogP contribution is 2.65. The molecule has 2 aliphatic rings. The first-order valence-corrected chi connectivity index (χ1v) is 26.5. The van der Waals surface area contributed by atoms with E-state index < -0.39 is 5.41 Å². The standard InChI is InChI=1S/C68H69N5O/c1-39-28-60(69-37-51(39)42-29-40(2)70-41(3)30-42)73-56-22-18-17-20-47(56)48-26-24-45(35-58(48)73)74-46-25-27-52-59(36-46)72-38-71(16)57-23-19-21-53(63(57)72)68(52)61-49(31-43(64(4,5)6)33-54(61)66(10,11)12)50-32-44(65(7,8)9)34-55(62(50)68)67(13,14)15/h17-37H,1-16H3. The fourth-order valence-electron chi connectivity index (χ4n) is 12.6. The lowest BCUT2D eigenvalue weighted by atomic mass is 9.60. The Morgan fingerprint density at radius 1 is 0.554 bits per heavy atom. The van der Waals surface area contributed by atoms with Gasteiger partial charge in [-0.25, -0.2) is 4.98 Å². The average Bonchev–Trinajstić information content (AvgIpc) is 3.95. The molecule has 372 valence electrons. The summed E-state index contributed by atoms with van der Waals surface area (Å²) >= 11 is 0. The maximum Gasteiger partial charge on any atom is 0.244 e. The van der Waals surface area contributed by atoms with E-state index >= 15 is 0 Å². The van der Waals surface area contributed by atoms with Crippen LogP contribution in [0.15, 0.2) is 128 Å². The lowest BCUT2D eigenvalue weighted by Crippen LogP contribution is -2.38. The number of aromatic nitrogens is 5. The molecule has 0 fully saturated rings. The molecule has 4 aromatic heterocycles. The van der Waals surface area contributed by atoms with E-state index in [4.69, 9.17) is 9.72 Å². The summed E-state index contributed by atoms with van der Waals surface area (Å²) in [5.74, 6) is 2.37. The van der Waals surface area contributed by atoms with Crippen molar-refractivity contribution in [3.63, 3.8) is 0 Å². The van der Waals surface area contributed by atoms with Crippen molar-refractivity contribution in [2.24, 2.45) is 7.05 Å². The number of hydrogen-bond acceptors (Lipinski definition) is 3. The quantitative estimate of drug-likeness (QED) is 0.130. The van der Waals surface area contributed by atoms with Crippen LogP contribution in [0.25, 0.3) is 66.6 Å². The van der Waals surface area contributed by atoms with Gasteiger partial charge < -0.3 is 13.9 Å². The first-order valence-electron chi connectivity index (χ1n) is 26.5. The summed E-state index contributed by atoms with van der Waals surface area (Å²) in [6, 6.07) is 45.6. The molecule has 0 unspecified atom stereocenters. The molecule has 5 heterocycles. The zero-order chi connectivity index (χ0) is 52.3. The van der Waals surface area contributed by atoms with E-state index in [9.17, 15) is 0 Å². The highest BCUT2D eigenvalue weighted by Gasteiger charge is 2.54. The van der Waals surface area contributed by atoms with Crippen molar-refractivity contribution in [3.8, 4) is 45.3 Å². The normalized spacial score (nSPS) is 14.1. The summed E-state index contributed by atoms with van der Waals surface area (Å²) < 4.78 is 13.9. The molecule has 0 amide bonds. The van der Waals surface area contributed by atoms with Crippen molar-refractivity contribution in [1.82, 2.24) is 19.1 Å². The van der Waals surface area contributed by atoms with Crippen LogP contribution in [0.5, 0.6) is 11.5 Å². The zero-order valence-corrected chi connectivity index (χ0v) is 46.3. The minimum Gasteiger partial charge on any atom is -0.458 e. The van der Waals surface area contributed by atoms with Crippen LogP contribution >= 0.6 is 0 Å². The van der Waals surface area contributed by atoms with Gasteiger partial charge in [0.25, 0.3) is 0 Å². The van der Waals surface area contributed by atoms with Crippen LogP contribution in [0, 0.1) is 27.1 Å². The van der Waals surface area contributed by atoms with Gasteiger partial charge in [0.15, 0.2) is 0 Å². The zero-order valence-electron chi connectivity index (χ0n) is 46.3. The Balaban J connectivity index is 1.10. The number of pyridine rings is 2. The Hall–Kier alpha value is -7.31. The van der Waals surface area contributed by atoms with Gasteiger partial charge in [-0.1, -0.05) is 150 Å². The van der Waals surface area contributed by atoms with Gasteiger partial charge in [0, 0.05) is 40.0 Å². The van der Waals surface area contributed by atoms with Gasteiger partial charge in [0.1, 0.15) is 17.3 Å². The third-order valence-corrected chi connectivity index (χ3v) is 16.1. The summed E-state index contributed by atoms with van der Waals surface area (Å²) in [5.41, 5.74) is 23.2. The number of rotatable bonds is 4. The third kappa shape index (κ3) is 7.07. The van der Waals surface area contributed by atoms with E-state index in [2.05, 4.69) is 243 Å². The molecule has 0 bridgehead atoms. The van der Waals surface area contributed by atoms with Crippen LogP contribution in [0.3, 0.4) is 0 Å². The Morgan fingerprint density at radius 2 is 1.15 bits per heavy atom. The number of aryl methyl sites for hydroxylation is 4. The molecule has 1 aliphatic carbocycles. The molecule has 1 spiro atoms. The van der Waals surface area contributed by atoms with Gasteiger partial charge in [-0.15, -0.1) is 0 Å². The maximum absolute atomic E-state index is 7.13. The summed E-state index contributed by atoms with van der Waals surface area (Å²) in [5, 5.41) is 2.31. The summed E-state index contributed by atoms with van der Waals surface area (Å²) in [6.07, 6.45) is 5.81. The molecule has 0 radical (unpaired) electrons. The first-order chi connectivity index (χ1) is 34.8. The Bertz CT molecular complexity index is 3920. The Labute approximate surface area is 437 Å². The van der Waals surface area contributed by atoms with Crippen molar-refractivity contribution in [2.75, 3.05) is 0 Å². The van der Waals surface area contributed by atoms with E-state index in [0.29, 0.717) is 0 Å². The molecule has 6 heteroatoms. The molecule has 0 N–H and O–H groups in total. The van der Waals surface area contributed by atoms with Gasteiger partial charge in [-0.2, -0.15) is 0 Å². The largest absolute Gasteiger partial charge is 0.458 e. The number of benzene rings is 6. The second-order valence-corrected chi connectivity index (χ2v) is 25.6. The van der Waals surface area contributed by atoms with Gasteiger partial charge in [-0.3, -0.25) is 9.55 Å². The van der Waals surface area contributed by atoms with Crippen LogP contribution in [0.2, 0.25) is 0 Å². The predicted molar refractivity (Wildman–Crippen MR) is 305 cm³/mol. The van der Waals surface area contributed by atoms with Gasteiger partial charge in [0.2, 0.25) is 6.33 Å². The van der Waals surface area contributed by atoms with E-state index in [1.165, 1.54) is 66.5 Å². The molecule has 0 atom stereocenters. The lowest BCUT2D eigenvalue weighted by Gasteiger charge is -2.45. The highest BCUT2D eigenvalue weighted by atomic mass is 16.5. The summed E-state index contributed by atoms with van der Waals surface area (Å²) in [6.45, 7) is 34.8. The number of imidazole rings is 1. The Kier molecular flexibility index (Phi) is 10.2. The topological polar surface area (TPSA) is 48.8 Å². The molecule has 12 rings (SSSR count). The minimum absolute atomic E-state index is 0.0654. The second-order valence-electron chi connectivity index (χ2n) is 25.6. The fraction of sp³-hybridized carbons (Fsp3) is 0.309. The fourth-order valence-corrected chi connectivity index (χ4v) is 12.6. The monoisotopic (exact) mass is 972 g/mol. The molecule has 1 aliphatic heterocycles. The van der Waals surface area contributed by atoms with Gasteiger partial charge in [-0.05, 0) is 158 Å². The number of nitrogens with zero attached hydrogens (tertiary/aromatic N) is 5. The summed E-state index contributed by atoms with van der Waals surface area (Å²) in [4.78, 5) is 9.78. The number of hydrogen-bond donors (Lipinski definition) is 0. The lowest BCUT2D eigenvalue weighted by molar-refractivity contribution is -0.649. The van der Waals surface area contributed by atoms with Gasteiger partial charge in [0.05, 0.1) is 40.2 Å². The second kappa shape index (κ2) is 15.9. The predicted octanol–water partition coefficient (Wildman–Crippen LogP) is 16.4. The van der Waals surface area contributed by atoms with Crippen molar-refractivity contribution >= 4 is 32.8 Å². The maximum atomic E-state index is 7.13. The first kappa shape index (κ1) is 47.7. The molecule has 10 aromatic rings. The molecule has 6 aromatic carbocycles. The molecular weight excluding hydrogens is 903 g/mol. The van der Waals surface area contributed by atoms with Crippen LogP contribution in [0.1, 0.15) is 145 Å². The van der Waals surface area contributed by atoms with E-state index in [1.807, 2.05) is 20.0 Å². The third-order valence-electron chi connectivity index (χ3n) is 16.1. The van der Waals surface area contributed by atoms with Crippen LogP contribution < -0.4 is 9.30 Å². The molecular formula is C68H69N5O. The van der Waals surface area contributed by atoms with Crippen LogP contribution in [-0.4, -0.2) is 19.1 Å². The number of para-hydroxylation sites is 2. The smallest absolute Gasteiger partial charge is 0.244 e. The van der Waals surface area contributed by atoms with Crippen molar-refractivity contribution in [1.29, 1.82) is 0 Å². The molecule has 0 saturated heterocycles. The molecule has 74 heavy (non-hydrogen) atoms. The molecule has 0 saturated carbocycles. The SMILES string of the molecule is Cc1cc(-c2cnc(-n3c4ccccc4c4ccc(Oc5ccc6c(c5)-n5[c-][n+](C)c7cccc(c75)C65c6c(cc(C(C)(C)C)cc6C(C)(C)C)-c6cc(C(C)(C)C)cc(C(C)(C)C)c65)cc43)cc2C)cc(C)n1. The van der Waals surface area contributed by atoms with Crippen molar-refractivity contribution < 1.29 is 9.30 Å². The van der Waals surface area contributed by atoms with E-state index in [-0.39, 0.29) is 21.7 Å². The van der Waals surface area contributed by atoms with Crippen molar-refractivity contribution in [2.45, 2.75) is 131 Å². The number of fused-ring (bicyclic) bond motifs is 12. The Morgan fingerprint density at radius 3 is 1.76 bits per heavy atom. The van der Waals surface area contributed by atoms with Gasteiger partial charge >= 0.3 is 0 Å². The van der Waals surface area contributed by atoms with E-state index in [1.54, 1.807) is 0 Å². The van der Waals surface area contributed by atoms with Crippen LogP contribution in [-0.2, 0) is 34.1 Å². The summed E-state index contributed by atoms with van der Waals surface area (Å²) in [7, 11) is 2.13. The highest BCUT2D eigenvalue weighted by molar-refractivity contribution is 6.09. The minimum atomic E-state index is -0.666. The van der Waals surface area contributed by atoms with Crippen molar-refractivity contribution in [3.05, 3.63) is 195 Å². The molecule has 6 nitrogen and oxygen atoms in total. The number of ether oxygens (including phenoxy) is 1. The van der Waals surface area contributed by atoms with Crippen LogP contribution in [0.4, 0.5) is 0 Å². The average molecular weight is 972 g/mol. The van der Waals surface area contributed by atoms with E-state index in [0.717, 1.165) is 73.0 Å².